The van der Waals surface area contributed by atoms with Crippen molar-refractivity contribution in [2.75, 3.05) is 34.9 Å². The van der Waals surface area contributed by atoms with Crippen molar-refractivity contribution in [2.45, 2.75) is 180 Å². The average Bonchev–Trinajstić information content (AvgIpc) is 3.77. The molecule has 0 saturated carbocycles. The van der Waals surface area contributed by atoms with Crippen LogP contribution in [0.3, 0.4) is 0 Å². The van der Waals surface area contributed by atoms with Crippen LogP contribution in [0.25, 0.3) is 11.3 Å². The lowest BCUT2D eigenvalue weighted by Gasteiger charge is -2.46. The zero-order chi connectivity index (χ0) is 50.2. The summed E-state index contributed by atoms with van der Waals surface area (Å²) in [5.74, 6) is -3.04. The van der Waals surface area contributed by atoms with E-state index >= 15 is 0 Å². The number of ether oxygens (including phenoxy) is 7. The van der Waals surface area contributed by atoms with E-state index in [1.807, 2.05) is 45.2 Å². The number of aliphatic hydroxyl groups excluding tert-OH is 4. The molecule has 2 fully saturated rings. The molecule has 0 radical (unpaired) electrons. The lowest BCUT2D eigenvalue weighted by Crippen LogP contribution is -2.63. The molecular formula is C51H80N4O13. The third-order valence-electron chi connectivity index (χ3n) is 14.0. The van der Waals surface area contributed by atoms with Crippen molar-refractivity contribution in [2.24, 2.45) is 23.7 Å². The van der Waals surface area contributed by atoms with Gasteiger partial charge in [0.2, 0.25) is 0 Å². The largest absolute Gasteiger partial charge is 0.462 e. The number of hydrogen-bond acceptors (Lipinski definition) is 16. The molecule has 5 rings (SSSR count). The number of aryl methyl sites for hydroxylation is 1. The monoisotopic (exact) mass is 957 g/mol. The smallest absolute Gasteiger partial charge is 0.308 e. The molecule has 382 valence electrons. The van der Waals surface area contributed by atoms with E-state index in [2.05, 4.69) is 43.2 Å². The van der Waals surface area contributed by atoms with Crippen LogP contribution < -0.4 is 0 Å². The van der Waals surface area contributed by atoms with E-state index in [0.717, 1.165) is 11.1 Å². The van der Waals surface area contributed by atoms with E-state index in [1.165, 1.54) is 19.8 Å². The van der Waals surface area contributed by atoms with Crippen LogP contribution in [0.4, 0.5) is 0 Å². The summed E-state index contributed by atoms with van der Waals surface area (Å²) in [4.78, 5) is 29.8. The van der Waals surface area contributed by atoms with Gasteiger partial charge in [0.1, 0.15) is 36.2 Å². The molecule has 1 aromatic heterocycles. The standard InChI is InChI=1S/C51H80N4O13/c1-14-40-35(27-64-50-48(63-13)47(62-12)44(60)32(6)66-50)23-28(2)15-20-38(56)29(3)24-34(21-22-55-26-37(52-53-55)33-16-18-36(19-17-33)51(7,8)9)46(30(4)39(57)25-41(58)67-40)68-49-45(61)42(54(10)11)43(59)31(5)65-49/h15-20,23,26,29-32,34-35,39-40,42-50,57,59-61H,14,21-22,24-25,27H2,1-13H3/b20-15+,28-23+/t29-,30+,31-,32?,34+,35-,39-,40-,42?,43-,44-,45?,46-,47+,48?,49+,50-/m1/s1. The zero-order valence-electron chi connectivity index (χ0n) is 42.4. The Morgan fingerprint density at radius 2 is 1.51 bits per heavy atom. The van der Waals surface area contributed by atoms with Gasteiger partial charge in [0.05, 0.1) is 55.8 Å². The molecule has 2 aromatic rings. The number of rotatable bonds is 13. The molecule has 17 nitrogen and oxygen atoms in total. The van der Waals surface area contributed by atoms with Crippen LogP contribution >= 0.6 is 0 Å². The Morgan fingerprint density at radius 3 is 2.13 bits per heavy atom. The van der Waals surface area contributed by atoms with Crippen LogP contribution in [0.1, 0.15) is 93.6 Å². The molecule has 0 aliphatic carbocycles. The molecule has 2 saturated heterocycles. The molecule has 17 heteroatoms. The van der Waals surface area contributed by atoms with Gasteiger partial charge in [-0.05, 0) is 77.1 Å². The topological polar surface area (TPSA) is 214 Å². The Balaban J connectivity index is 1.47. The fraction of sp³-hybridized carbons (Fsp3) is 0.725. The number of benzene rings is 1. The number of carbonyl (C=O) groups excluding carboxylic acids is 2. The summed E-state index contributed by atoms with van der Waals surface area (Å²) in [5.41, 5.74) is 3.54. The van der Waals surface area contributed by atoms with Gasteiger partial charge in [-0.2, -0.15) is 0 Å². The summed E-state index contributed by atoms with van der Waals surface area (Å²) in [5, 5.41) is 54.4. The predicted molar refractivity (Wildman–Crippen MR) is 254 cm³/mol. The zero-order valence-corrected chi connectivity index (χ0v) is 42.4. The van der Waals surface area contributed by atoms with E-state index < -0.39 is 109 Å². The Morgan fingerprint density at radius 1 is 0.868 bits per heavy atom. The van der Waals surface area contributed by atoms with Gasteiger partial charge < -0.3 is 58.5 Å². The van der Waals surface area contributed by atoms with Crippen LogP contribution in [0.5, 0.6) is 0 Å². The number of carbonyl (C=O) groups is 2. The number of esters is 1. The first kappa shape index (κ1) is 55.5. The van der Waals surface area contributed by atoms with Crippen molar-refractivity contribution in [1.82, 2.24) is 19.9 Å². The third-order valence-corrected chi connectivity index (χ3v) is 14.0. The molecule has 4 unspecified atom stereocenters. The SMILES string of the molecule is CC[C@H]1OC(=O)C[C@@H](O)[C@H](C)[C@@H](O[C@@H]2O[C@H](C)[C@@H](O)C(N(C)C)C2O)[C@@H](CCn2cc(-c3ccc(C(C)(C)C)cc3)nn2)C[C@@H](C)C(=O)/C=C/C(C)=C/[C@@H]1CO[C@@H]1OC(C)[C@@H](O)[C@H](OC)C1OC. The Labute approximate surface area is 403 Å². The van der Waals surface area contributed by atoms with Crippen LogP contribution in [0.15, 0.2) is 54.3 Å². The second-order valence-corrected chi connectivity index (χ2v) is 20.4. The average molecular weight is 957 g/mol. The number of hydrogen-bond donors (Lipinski definition) is 4. The van der Waals surface area contributed by atoms with Crippen LogP contribution in [-0.4, -0.2) is 167 Å². The number of likely N-dealkylation sites (N-methyl/N-ethyl adjacent to an activating group) is 1. The highest BCUT2D eigenvalue weighted by Crippen LogP contribution is 2.36. The van der Waals surface area contributed by atoms with E-state index in [0.29, 0.717) is 31.5 Å². The van der Waals surface area contributed by atoms with Crippen molar-refractivity contribution in [3.63, 3.8) is 0 Å². The Kier molecular flexibility index (Phi) is 20.1. The van der Waals surface area contributed by atoms with Crippen LogP contribution in [0.2, 0.25) is 0 Å². The van der Waals surface area contributed by atoms with Gasteiger partial charge in [0, 0.05) is 44.1 Å². The molecule has 3 aliphatic heterocycles. The molecule has 3 aliphatic rings. The lowest BCUT2D eigenvalue weighted by molar-refractivity contribution is -0.304. The number of ketones is 1. The minimum atomic E-state index is -1.29. The summed E-state index contributed by atoms with van der Waals surface area (Å²) >= 11 is 0. The summed E-state index contributed by atoms with van der Waals surface area (Å²) < 4.78 is 44.4. The maximum atomic E-state index is 14.1. The van der Waals surface area contributed by atoms with E-state index in [4.69, 9.17) is 33.2 Å². The van der Waals surface area contributed by atoms with E-state index in [1.54, 1.807) is 56.6 Å². The highest BCUT2D eigenvalue weighted by Gasteiger charge is 2.48. The fourth-order valence-corrected chi connectivity index (χ4v) is 9.67. The molecule has 0 amide bonds. The van der Waals surface area contributed by atoms with Gasteiger partial charge in [-0.3, -0.25) is 14.3 Å². The molecule has 4 heterocycles. The maximum Gasteiger partial charge on any atom is 0.308 e. The molecule has 1 aromatic carbocycles. The van der Waals surface area contributed by atoms with Crippen molar-refractivity contribution >= 4 is 11.8 Å². The normalized spacial score (nSPS) is 37.4. The number of allylic oxidation sites excluding steroid dienone is 3. The summed E-state index contributed by atoms with van der Waals surface area (Å²) in [6.07, 6.45) is -3.34. The highest BCUT2D eigenvalue weighted by molar-refractivity contribution is 5.91. The second-order valence-electron chi connectivity index (χ2n) is 20.4. The highest BCUT2D eigenvalue weighted by atomic mass is 16.7. The predicted octanol–water partition coefficient (Wildman–Crippen LogP) is 4.62. The minimum Gasteiger partial charge on any atom is -0.462 e. The summed E-state index contributed by atoms with van der Waals surface area (Å²) in [6.45, 7) is 17.7. The maximum absolute atomic E-state index is 14.1. The van der Waals surface area contributed by atoms with E-state index in [9.17, 15) is 30.0 Å². The van der Waals surface area contributed by atoms with Crippen molar-refractivity contribution in [3.8, 4) is 11.3 Å². The van der Waals surface area contributed by atoms with Gasteiger partial charge in [-0.1, -0.05) is 88.7 Å². The molecule has 17 atom stereocenters. The molecular weight excluding hydrogens is 877 g/mol. The van der Waals surface area contributed by atoms with Crippen molar-refractivity contribution < 1.29 is 63.2 Å². The van der Waals surface area contributed by atoms with Gasteiger partial charge in [0.15, 0.2) is 18.4 Å². The first-order valence-corrected chi connectivity index (χ1v) is 24.2. The van der Waals surface area contributed by atoms with Gasteiger partial charge in [-0.25, -0.2) is 0 Å². The lowest BCUT2D eigenvalue weighted by atomic mass is 9.79. The fourth-order valence-electron chi connectivity index (χ4n) is 9.67. The summed E-state index contributed by atoms with van der Waals surface area (Å²) in [6, 6.07) is 7.52. The van der Waals surface area contributed by atoms with Crippen LogP contribution in [-0.2, 0) is 54.7 Å². The van der Waals surface area contributed by atoms with Crippen molar-refractivity contribution in [1.29, 1.82) is 0 Å². The quantitative estimate of drug-likeness (QED) is 0.202. The molecule has 0 spiro atoms. The minimum absolute atomic E-state index is 0.00452. The van der Waals surface area contributed by atoms with Gasteiger partial charge in [0.25, 0.3) is 0 Å². The Hall–Kier alpha value is -3.46. The molecule has 4 N–H and O–H groups in total. The first-order valence-electron chi connectivity index (χ1n) is 24.2. The second kappa shape index (κ2) is 24.6. The van der Waals surface area contributed by atoms with E-state index in [-0.39, 0.29) is 24.2 Å². The number of aromatic nitrogens is 3. The van der Waals surface area contributed by atoms with Crippen molar-refractivity contribution in [3.05, 3.63) is 59.8 Å². The molecule has 0 bridgehead atoms. The van der Waals surface area contributed by atoms with Gasteiger partial charge >= 0.3 is 5.97 Å². The number of cyclic esters (lactones) is 1. The third kappa shape index (κ3) is 13.9. The summed E-state index contributed by atoms with van der Waals surface area (Å²) in [7, 11) is 6.47. The molecule has 68 heavy (non-hydrogen) atoms. The first-order chi connectivity index (χ1) is 32.1. The number of nitrogens with zero attached hydrogens (tertiary/aromatic N) is 4. The van der Waals surface area contributed by atoms with Gasteiger partial charge in [-0.15, -0.1) is 5.10 Å². The Bertz CT molecular complexity index is 1970. The number of methoxy groups -OCH3 is 2. The van der Waals surface area contributed by atoms with Crippen LogP contribution in [0, 0.1) is 23.7 Å². The number of aliphatic hydroxyl groups is 4.